The maximum absolute atomic E-state index is 12.8. The van der Waals surface area contributed by atoms with Crippen LogP contribution in [0.25, 0.3) is 0 Å². The normalized spacial score (nSPS) is 25.0. The Labute approximate surface area is 99.2 Å². The lowest BCUT2D eigenvalue weighted by Gasteiger charge is -2.34. The zero-order chi connectivity index (χ0) is 12.5. The van der Waals surface area contributed by atoms with Crippen LogP contribution >= 0.6 is 0 Å². The van der Waals surface area contributed by atoms with Gasteiger partial charge < -0.3 is 11.1 Å². The molecule has 2 atom stereocenters. The van der Waals surface area contributed by atoms with Crippen LogP contribution in [-0.2, 0) is 0 Å². The fourth-order valence-corrected chi connectivity index (χ4v) is 1.77. The molecule has 2 rings (SSSR count). The van der Waals surface area contributed by atoms with Crippen molar-refractivity contribution >= 4 is 5.84 Å². The van der Waals surface area contributed by atoms with Crippen molar-refractivity contribution in [3.8, 4) is 0 Å². The fourth-order valence-electron chi connectivity index (χ4n) is 1.77. The molecule has 0 aromatic heterocycles. The number of hydrogen-bond donors (Lipinski definition) is 3. The molecule has 0 fully saturated rings. The third kappa shape index (κ3) is 2.29. The molecule has 5 N–H and O–H groups in total. The van der Waals surface area contributed by atoms with Gasteiger partial charge in [-0.2, -0.15) is 0 Å². The Morgan fingerprint density at radius 2 is 2.00 bits per heavy atom. The molecule has 0 aliphatic carbocycles. The number of nitrogens with two attached hydrogens (primary N) is 2. The van der Waals surface area contributed by atoms with E-state index in [1.54, 1.807) is 24.4 Å². The summed E-state index contributed by atoms with van der Waals surface area (Å²) in [5, 5.41) is 2.97. The first kappa shape index (κ1) is 11.6. The van der Waals surface area contributed by atoms with Gasteiger partial charge in [-0.15, -0.1) is 0 Å². The molecule has 5 heteroatoms. The first-order chi connectivity index (χ1) is 8.01. The summed E-state index contributed by atoms with van der Waals surface area (Å²) >= 11 is 0. The van der Waals surface area contributed by atoms with Crippen molar-refractivity contribution in [2.45, 2.75) is 18.6 Å². The molecule has 1 aliphatic rings. The molecule has 1 heterocycles. The van der Waals surface area contributed by atoms with E-state index < -0.39 is 5.79 Å². The minimum atomic E-state index is -0.989. The summed E-state index contributed by atoms with van der Waals surface area (Å²) < 4.78 is 12.8. The van der Waals surface area contributed by atoms with E-state index in [9.17, 15) is 4.39 Å². The van der Waals surface area contributed by atoms with E-state index >= 15 is 0 Å². The average molecular weight is 234 g/mol. The van der Waals surface area contributed by atoms with Crippen LogP contribution in [0.1, 0.15) is 18.4 Å². The van der Waals surface area contributed by atoms with Crippen LogP contribution in [0.4, 0.5) is 4.39 Å². The summed E-state index contributed by atoms with van der Waals surface area (Å²) in [5.74, 6) is -1.02. The molecule has 1 aromatic rings. The van der Waals surface area contributed by atoms with Gasteiger partial charge in [-0.25, -0.2) is 9.38 Å². The third-order valence-electron chi connectivity index (χ3n) is 2.91. The van der Waals surface area contributed by atoms with Gasteiger partial charge in [0.15, 0.2) is 5.79 Å². The monoisotopic (exact) mass is 234 g/mol. The van der Waals surface area contributed by atoms with Crippen molar-refractivity contribution in [3.05, 3.63) is 47.9 Å². The van der Waals surface area contributed by atoms with E-state index in [4.69, 9.17) is 11.5 Å². The van der Waals surface area contributed by atoms with Crippen molar-refractivity contribution in [2.24, 2.45) is 16.5 Å². The van der Waals surface area contributed by atoms with Gasteiger partial charge in [0.1, 0.15) is 11.7 Å². The van der Waals surface area contributed by atoms with Gasteiger partial charge in [-0.1, -0.05) is 19.1 Å². The van der Waals surface area contributed by atoms with Crippen LogP contribution in [0.5, 0.6) is 0 Å². The highest BCUT2D eigenvalue weighted by atomic mass is 19.1. The SMILES string of the molecule is C[C@@H](c1ccc(F)cc1)C1(N)N=C(N)C=CN1. The Morgan fingerprint density at radius 3 is 2.59 bits per heavy atom. The van der Waals surface area contributed by atoms with Gasteiger partial charge in [0.2, 0.25) is 0 Å². The Morgan fingerprint density at radius 1 is 1.35 bits per heavy atom. The molecule has 1 aromatic carbocycles. The van der Waals surface area contributed by atoms with E-state index in [0.717, 1.165) is 5.56 Å². The number of amidine groups is 1. The molecule has 0 saturated heterocycles. The van der Waals surface area contributed by atoms with Crippen LogP contribution in [0.3, 0.4) is 0 Å². The highest BCUT2D eigenvalue weighted by Gasteiger charge is 2.33. The maximum Gasteiger partial charge on any atom is 0.190 e. The van der Waals surface area contributed by atoms with Crippen LogP contribution in [-0.4, -0.2) is 11.6 Å². The lowest BCUT2D eigenvalue weighted by atomic mass is 9.93. The average Bonchev–Trinajstić information content (AvgIpc) is 2.29. The smallest absolute Gasteiger partial charge is 0.190 e. The Kier molecular flexibility index (Phi) is 2.85. The molecule has 1 aliphatic heterocycles. The van der Waals surface area contributed by atoms with Crippen molar-refractivity contribution in [3.63, 3.8) is 0 Å². The summed E-state index contributed by atoms with van der Waals surface area (Å²) in [6.07, 6.45) is 3.31. The quantitative estimate of drug-likeness (QED) is 0.715. The third-order valence-corrected chi connectivity index (χ3v) is 2.91. The number of nitrogens with one attached hydrogen (secondary N) is 1. The lowest BCUT2D eigenvalue weighted by molar-refractivity contribution is 0.331. The first-order valence-electron chi connectivity index (χ1n) is 5.35. The van der Waals surface area contributed by atoms with Crippen molar-refractivity contribution in [2.75, 3.05) is 0 Å². The van der Waals surface area contributed by atoms with Gasteiger partial charge in [-0.05, 0) is 23.8 Å². The molecule has 0 saturated carbocycles. The number of rotatable bonds is 2. The van der Waals surface area contributed by atoms with E-state index in [-0.39, 0.29) is 11.7 Å². The number of benzene rings is 1. The Balaban J connectivity index is 2.28. The van der Waals surface area contributed by atoms with Crippen LogP contribution < -0.4 is 16.8 Å². The Hall–Kier alpha value is -1.88. The minimum absolute atomic E-state index is 0.133. The topological polar surface area (TPSA) is 76.4 Å². The predicted molar refractivity (Wildman–Crippen MR) is 65.6 cm³/mol. The van der Waals surface area contributed by atoms with Gasteiger partial charge in [0, 0.05) is 12.1 Å². The van der Waals surface area contributed by atoms with Gasteiger partial charge in [-0.3, -0.25) is 5.73 Å². The van der Waals surface area contributed by atoms with Gasteiger partial charge in [0.05, 0.1) is 0 Å². The zero-order valence-corrected chi connectivity index (χ0v) is 9.52. The molecule has 17 heavy (non-hydrogen) atoms. The van der Waals surface area contributed by atoms with E-state index in [1.807, 2.05) is 6.92 Å². The molecule has 0 amide bonds. The van der Waals surface area contributed by atoms with E-state index in [2.05, 4.69) is 10.3 Å². The summed E-state index contributed by atoms with van der Waals surface area (Å²) in [6, 6.07) is 6.20. The minimum Gasteiger partial charge on any atom is -0.384 e. The molecule has 0 spiro atoms. The number of aliphatic imine (C=N–C) groups is 1. The van der Waals surface area contributed by atoms with E-state index in [1.165, 1.54) is 12.1 Å². The van der Waals surface area contributed by atoms with Gasteiger partial charge in [0.25, 0.3) is 0 Å². The van der Waals surface area contributed by atoms with E-state index in [0.29, 0.717) is 5.84 Å². The second-order valence-electron chi connectivity index (χ2n) is 4.11. The van der Waals surface area contributed by atoms with Crippen LogP contribution in [0.2, 0.25) is 0 Å². The van der Waals surface area contributed by atoms with Crippen molar-refractivity contribution < 1.29 is 4.39 Å². The molecule has 1 unspecified atom stereocenters. The number of nitrogens with zero attached hydrogens (tertiary/aromatic N) is 1. The molecule has 4 nitrogen and oxygen atoms in total. The fraction of sp³-hybridized carbons (Fsp3) is 0.250. The molecule has 90 valence electrons. The standard InChI is InChI=1S/C12H15FN4/c1-8(9-2-4-10(13)5-3-9)12(15)16-7-6-11(14)17-12/h2-8,16H,15H2,1H3,(H2,14,17)/t8-,12?/m0/s1. The zero-order valence-electron chi connectivity index (χ0n) is 9.52. The summed E-state index contributed by atoms with van der Waals surface area (Å²) in [5.41, 5.74) is 12.7. The lowest BCUT2D eigenvalue weighted by Crippen LogP contribution is -2.56. The molecular formula is C12H15FN4. The predicted octanol–water partition coefficient (Wildman–Crippen LogP) is 1.02. The second kappa shape index (κ2) is 4.18. The van der Waals surface area contributed by atoms with Crippen LogP contribution in [0, 0.1) is 5.82 Å². The van der Waals surface area contributed by atoms with Crippen LogP contribution in [0.15, 0.2) is 41.5 Å². The highest BCUT2D eigenvalue weighted by Crippen LogP contribution is 2.26. The second-order valence-corrected chi connectivity index (χ2v) is 4.11. The first-order valence-corrected chi connectivity index (χ1v) is 5.35. The highest BCUT2D eigenvalue weighted by molar-refractivity contribution is 5.92. The van der Waals surface area contributed by atoms with Crippen molar-refractivity contribution in [1.82, 2.24) is 5.32 Å². The maximum atomic E-state index is 12.8. The van der Waals surface area contributed by atoms with Crippen molar-refractivity contribution in [1.29, 1.82) is 0 Å². The summed E-state index contributed by atoms with van der Waals surface area (Å²) in [7, 11) is 0. The molecule has 0 bridgehead atoms. The molecular weight excluding hydrogens is 219 g/mol. The number of hydrogen-bond acceptors (Lipinski definition) is 4. The largest absolute Gasteiger partial charge is 0.384 e. The summed E-state index contributed by atoms with van der Waals surface area (Å²) in [6.45, 7) is 1.91. The molecule has 0 radical (unpaired) electrons. The van der Waals surface area contributed by atoms with Gasteiger partial charge >= 0.3 is 0 Å². The Bertz CT molecular complexity index is 466. The summed E-state index contributed by atoms with van der Waals surface area (Å²) in [4.78, 5) is 4.19. The number of halogens is 1.